The van der Waals surface area contributed by atoms with Gasteiger partial charge in [-0.1, -0.05) is 6.07 Å². The van der Waals surface area contributed by atoms with Crippen LogP contribution in [0.5, 0.6) is 0 Å². The molecule has 1 aliphatic heterocycles. The molecule has 2 fully saturated rings. The highest BCUT2D eigenvalue weighted by molar-refractivity contribution is 7.89. The lowest BCUT2D eigenvalue weighted by Crippen LogP contribution is -2.52. The number of benzene rings is 1. The van der Waals surface area contributed by atoms with Crippen LogP contribution in [0.25, 0.3) is 0 Å². The zero-order valence-electron chi connectivity index (χ0n) is 13.3. The number of sulfonamides is 1. The summed E-state index contributed by atoms with van der Waals surface area (Å²) in [4.78, 5) is 13.0. The van der Waals surface area contributed by atoms with E-state index >= 15 is 0 Å². The number of halogens is 4. The Morgan fingerprint density at radius 1 is 1.12 bits per heavy atom. The zero-order chi connectivity index (χ0) is 18.6. The molecule has 5 nitrogen and oxygen atoms in total. The lowest BCUT2D eigenvalue weighted by molar-refractivity contribution is -0.137. The topological polar surface area (TPSA) is 57.7 Å². The molecule has 2 aliphatic rings. The van der Waals surface area contributed by atoms with Gasteiger partial charge in [0.25, 0.3) is 0 Å². The number of amides is 1. The molecule has 25 heavy (non-hydrogen) atoms. The van der Waals surface area contributed by atoms with Crippen molar-refractivity contribution < 1.29 is 22.0 Å². The maximum absolute atomic E-state index is 13.8. The number of hydrogen-bond donors (Lipinski definition) is 0. The van der Waals surface area contributed by atoms with Crippen LogP contribution in [0.2, 0.25) is 0 Å². The normalized spacial score (nSPS) is 26.5. The Labute approximate surface area is 154 Å². The van der Waals surface area contributed by atoms with Gasteiger partial charge in [-0.25, -0.2) is 17.2 Å². The first-order valence-corrected chi connectivity index (χ1v) is 9.82. The van der Waals surface area contributed by atoms with E-state index in [0.717, 1.165) is 22.5 Å². The van der Waals surface area contributed by atoms with E-state index in [2.05, 4.69) is 0 Å². The van der Waals surface area contributed by atoms with E-state index < -0.39 is 36.3 Å². The summed E-state index contributed by atoms with van der Waals surface area (Å²) in [7, 11) is -4.32. The third-order valence-electron chi connectivity index (χ3n) is 4.77. The molecule has 0 N–H and O–H groups in total. The summed E-state index contributed by atoms with van der Waals surface area (Å²) in [5.41, 5.74) is -0.880. The molecule has 0 spiro atoms. The van der Waals surface area contributed by atoms with Crippen molar-refractivity contribution in [1.82, 2.24) is 9.21 Å². The quantitative estimate of drug-likeness (QED) is 0.716. The van der Waals surface area contributed by atoms with Gasteiger partial charge in [0.2, 0.25) is 15.9 Å². The second-order valence-electron chi connectivity index (χ2n) is 6.46. The second kappa shape index (κ2) is 6.04. The predicted octanol–water partition coefficient (Wildman–Crippen LogP) is 2.38. The van der Waals surface area contributed by atoms with Crippen molar-refractivity contribution in [3.05, 3.63) is 29.8 Å². The largest absolute Gasteiger partial charge is 0.339 e. The van der Waals surface area contributed by atoms with Gasteiger partial charge < -0.3 is 4.90 Å². The van der Waals surface area contributed by atoms with Gasteiger partial charge in [-0.2, -0.15) is 4.31 Å². The zero-order valence-corrected chi connectivity index (χ0v) is 15.6. The van der Waals surface area contributed by atoms with Crippen LogP contribution >= 0.6 is 23.2 Å². The summed E-state index contributed by atoms with van der Waals surface area (Å²) in [5, 5.41) is 0. The van der Waals surface area contributed by atoms with E-state index in [0.29, 0.717) is 6.42 Å². The highest BCUT2D eigenvalue weighted by Crippen LogP contribution is 2.64. The molecular weight excluding hydrogens is 397 g/mol. The fraction of sp³-hybridized carbons (Fsp3) is 0.533. The lowest BCUT2D eigenvalue weighted by Gasteiger charge is -2.35. The molecule has 1 heterocycles. The van der Waals surface area contributed by atoms with Gasteiger partial charge >= 0.3 is 0 Å². The number of rotatable bonds is 3. The first kappa shape index (κ1) is 18.8. The van der Waals surface area contributed by atoms with Crippen LogP contribution in [0, 0.1) is 17.0 Å². The smallest absolute Gasteiger partial charge is 0.249 e. The van der Waals surface area contributed by atoms with Crippen molar-refractivity contribution in [3.8, 4) is 0 Å². The Morgan fingerprint density at radius 3 is 2.04 bits per heavy atom. The molecule has 1 saturated heterocycles. The van der Waals surface area contributed by atoms with Crippen molar-refractivity contribution in [3.63, 3.8) is 0 Å². The van der Waals surface area contributed by atoms with Crippen molar-refractivity contribution in [2.75, 3.05) is 26.2 Å². The molecule has 1 aliphatic carbocycles. The summed E-state index contributed by atoms with van der Waals surface area (Å²) < 4.78 is 52.5. The van der Waals surface area contributed by atoms with E-state index in [1.54, 1.807) is 6.92 Å². The van der Waals surface area contributed by atoms with E-state index in [4.69, 9.17) is 23.2 Å². The lowest BCUT2D eigenvalue weighted by atomic mass is 10.1. The van der Waals surface area contributed by atoms with E-state index in [1.165, 1.54) is 4.90 Å². The minimum absolute atomic E-state index is 0.0600. The Kier molecular flexibility index (Phi) is 4.55. The molecule has 0 aromatic heterocycles. The molecule has 1 amide bonds. The summed E-state index contributed by atoms with van der Waals surface area (Å²) in [6.07, 6.45) is 0.334. The molecule has 1 atom stereocenters. The van der Waals surface area contributed by atoms with Gasteiger partial charge in [0.1, 0.15) is 16.0 Å². The standard InChI is InChI=1S/C15H16Cl2F2N2O3S/c1-14(9-15(14,16)17)13(22)20-5-7-21(8-6-20)25(23,24)12-10(18)3-2-4-11(12)19/h2-4H,5-9H2,1H3/t14-/m1/s1. The highest BCUT2D eigenvalue weighted by Gasteiger charge is 2.68. The van der Waals surface area contributed by atoms with Crippen molar-refractivity contribution in [2.24, 2.45) is 5.41 Å². The minimum Gasteiger partial charge on any atom is -0.339 e. The van der Waals surface area contributed by atoms with Gasteiger partial charge in [0.15, 0.2) is 4.90 Å². The number of carbonyl (C=O) groups excluding carboxylic acids is 1. The third-order valence-corrected chi connectivity index (χ3v) is 7.82. The number of alkyl halides is 2. The predicted molar refractivity (Wildman–Crippen MR) is 88.9 cm³/mol. The van der Waals surface area contributed by atoms with E-state index in [9.17, 15) is 22.0 Å². The van der Waals surface area contributed by atoms with Crippen molar-refractivity contribution in [2.45, 2.75) is 22.6 Å². The van der Waals surface area contributed by atoms with Gasteiger partial charge in [-0.3, -0.25) is 4.79 Å². The SMILES string of the molecule is C[C@]1(C(=O)N2CCN(S(=O)(=O)c3c(F)cccc3F)CC2)CC1(Cl)Cl. The van der Waals surface area contributed by atoms with Crippen molar-refractivity contribution >= 4 is 39.1 Å². The van der Waals surface area contributed by atoms with E-state index in [-0.39, 0.29) is 32.1 Å². The summed E-state index contributed by atoms with van der Waals surface area (Å²) in [6.45, 7) is 1.75. The van der Waals surface area contributed by atoms with Crippen LogP contribution in [0.4, 0.5) is 8.78 Å². The molecule has 1 aromatic rings. The van der Waals surface area contributed by atoms with Crippen LogP contribution in [0.1, 0.15) is 13.3 Å². The number of hydrogen-bond acceptors (Lipinski definition) is 3. The summed E-state index contributed by atoms with van der Waals surface area (Å²) in [5.74, 6) is -2.53. The molecule has 0 bridgehead atoms. The average Bonchev–Trinajstić information content (AvgIpc) is 3.06. The van der Waals surface area contributed by atoms with Crippen molar-refractivity contribution in [1.29, 1.82) is 0 Å². The number of piperazine rings is 1. The molecule has 10 heteroatoms. The minimum atomic E-state index is -4.32. The van der Waals surface area contributed by atoms with E-state index in [1.807, 2.05) is 0 Å². The maximum atomic E-state index is 13.8. The Balaban J connectivity index is 1.73. The average molecular weight is 413 g/mol. The molecule has 0 unspecified atom stereocenters. The highest BCUT2D eigenvalue weighted by atomic mass is 35.5. The molecule has 138 valence electrons. The molecule has 1 aromatic carbocycles. The third kappa shape index (κ3) is 3.03. The molecule has 3 rings (SSSR count). The Hall–Kier alpha value is -0.960. The van der Waals surface area contributed by atoms with Gasteiger partial charge in [0.05, 0.1) is 5.41 Å². The molecule has 1 saturated carbocycles. The fourth-order valence-electron chi connectivity index (χ4n) is 2.97. The first-order valence-electron chi connectivity index (χ1n) is 7.62. The molecule has 0 radical (unpaired) electrons. The Bertz CT molecular complexity index is 806. The van der Waals surface area contributed by atoms with Crippen LogP contribution in [-0.4, -0.2) is 54.0 Å². The maximum Gasteiger partial charge on any atom is 0.249 e. The number of carbonyl (C=O) groups is 1. The fourth-order valence-corrected chi connectivity index (χ4v) is 5.20. The van der Waals surface area contributed by atoms with Crippen LogP contribution in [0.15, 0.2) is 23.1 Å². The monoisotopic (exact) mass is 412 g/mol. The second-order valence-corrected chi connectivity index (χ2v) is 9.82. The van der Waals surface area contributed by atoms with Crippen LogP contribution < -0.4 is 0 Å². The summed E-state index contributed by atoms with van der Waals surface area (Å²) in [6, 6.07) is 2.88. The Morgan fingerprint density at radius 2 is 1.60 bits per heavy atom. The van der Waals surface area contributed by atoms with Gasteiger partial charge in [0, 0.05) is 26.2 Å². The summed E-state index contributed by atoms with van der Waals surface area (Å²) >= 11 is 12.0. The first-order chi connectivity index (χ1) is 11.5. The van der Waals surface area contributed by atoms with Gasteiger partial charge in [-0.05, 0) is 25.5 Å². The van der Waals surface area contributed by atoms with Crippen LogP contribution in [0.3, 0.4) is 0 Å². The number of nitrogens with zero attached hydrogens (tertiary/aromatic N) is 2. The molecular formula is C15H16Cl2F2N2O3S. The van der Waals surface area contributed by atoms with Gasteiger partial charge in [-0.15, -0.1) is 23.2 Å². The van der Waals surface area contributed by atoms with Crippen LogP contribution in [-0.2, 0) is 14.8 Å².